The topological polar surface area (TPSA) is 75.4 Å². The third kappa shape index (κ3) is 2.86. The van der Waals surface area contributed by atoms with Gasteiger partial charge in [-0.3, -0.25) is 10.1 Å². The van der Waals surface area contributed by atoms with E-state index in [2.05, 4.69) is 5.32 Å². The highest BCUT2D eigenvalue weighted by atomic mass is 16.6. The monoisotopic (exact) mass is 250 g/mol. The van der Waals surface area contributed by atoms with Crippen LogP contribution in [0.15, 0.2) is 24.3 Å². The Hall–Kier alpha value is -1.46. The first-order chi connectivity index (χ1) is 8.56. The predicted molar refractivity (Wildman–Crippen MR) is 68.3 cm³/mol. The van der Waals surface area contributed by atoms with Gasteiger partial charge in [-0.1, -0.05) is 12.1 Å². The summed E-state index contributed by atoms with van der Waals surface area (Å²) in [6.45, 7) is 2.95. The second kappa shape index (κ2) is 5.04. The van der Waals surface area contributed by atoms with E-state index in [0.717, 1.165) is 24.9 Å². The number of hydrogen-bond acceptors (Lipinski definition) is 4. The summed E-state index contributed by atoms with van der Waals surface area (Å²) >= 11 is 0. The molecule has 0 bridgehead atoms. The lowest BCUT2D eigenvalue weighted by atomic mass is 10.1. The average Bonchev–Trinajstić information content (AvgIpc) is 3.17. The molecule has 18 heavy (non-hydrogen) atoms. The zero-order valence-electron chi connectivity index (χ0n) is 10.4. The molecule has 1 aromatic carbocycles. The Balaban J connectivity index is 1.98. The fraction of sp³-hybridized carbons (Fsp3) is 0.538. The maximum Gasteiger partial charge on any atom is 0.269 e. The second-order valence-corrected chi connectivity index (χ2v) is 5.11. The number of nitro benzene ring substituents is 1. The number of nitrogens with zero attached hydrogens (tertiary/aromatic N) is 1. The van der Waals surface area contributed by atoms with Gasteiger partial charge in [0.15, 0.2) is 0 Å². The van der Waals surface area contributed by atoms with Gasteiger partial charge < -0.3 is 10.4 Å². The lowest BCUT2D eigenvalue weighted by molar-refractivity contribution is -0.384. The predicted octanol–water partition coefficient (Wildman–Crippen LogP) is 2.02. The van der Waals surface area contributed by atoms with Crippen molar-refractivity contribution >= 4 is 5.69 Å². The summed E-state index contributed by atoms with van der Waals surface area (Å²) in [6.07, 6.45) is 2.11. The van der Waals surface area contributed by atoms with Crippen LogP contribution >= 0.6 is 0 Å². The quantitative estimate of drug-likeness (QED) is 0.598. The van der Waals surface area contributed by atoms with Crippen LogP contribution in [0.3, 0.4) is 0 Å². The summed E-state index contributed by atoms with van der Waals surface area (Å²) in [4.78, 5) is 10.3. The normalized spacial score (nSPS) is 18.3. The van der Waals surface area contributed by atoms with E-state index in [-0.39, 0.29) is 28.7 Å². The van der Waals surface area contributed by atoms with Gasteiger partial charge in [-0.2, -0.15) is 0 Å². The first-order valence-electron chi connectivity index (χ1n) is 6.15. The number of aliphatic hydroxyl groups is 1. The van der Waals surface area contributed by atoms with Crippen LogP contribution in [0.25, 0.3) is 0 Å². The Kier molecular flexibility index (Phi) is 3.63. The molecule has 0 aliphatic heterocycles. The number of nitrogens with one attached hydrogen (secondary N) is 1. The molecule has 1 atom stereocenters. The third-order valence-electron chi connectivity index (χ3n) is 3.66. The van der Waals surface area contributed by atoms with E-state index >= 15 is 0 Å². The first kappa shape index (κ1) is 13.0. The lowest BCUT2D eigenvalue weighted by Gasteiger charge is -2.18. The minimum atomic E-state index is -0.383. The Morgan fingerprint density at radius 3 is 2.83 bits per heavy atom. The number of aliphatic hydroxyl groups excluding tert-OH is 1. The van der Waals surface area contributed by atoms with Crippen molar-refractivity contribution in [3.63, 3.8) is 0 Å². The van der Waals surface area contributed by atoms with Crippen LogP contribution in [-0.4, -0.2) is 23.2 Å². The van der Waals surface area contributed by atoms with Crippen molar-refractivity contribution in [1.82, 2.24) is 5.32 Å². The molecule has 1 aliphatic carbocycles. The Bertz CT molecular complexity index is 444. The van der Waals surface area contributed by atoms with Crippen LogP contribution in [0.4, 0.5) is 5.69 Å². The summed E-state index contributed by atoms with van der Waals surface area (Å²) in [5, 5.41) is 23.3. The molecule has 2 N–H and O–H groups in total. The van der Waals surface area contributed by atoms with Crippen molar-refractivity contribution in [1.29, 1.82) is 0 Å². The van der Waals surface area contributed by atoms with Crippen LogP contribution in [0.2, 0.25) is 0 Å². The fourth-order valence-electron chi connectivity index (χ4n) is 1.96. The van der Waals surface area contributed by atoms with E-state index in [9.17, 15) is 15.2 Å². The minimum Gasteiger partial charge on any atom is -0.396 e. The van der Waals surface area contributed by atoms with E-state index in [1.54, 1.807) is 12.1 Å². The molecular formula is C13H18N2O3. The van der Waals surface area contributed by atoms with Gasteiger partial charge in [-0.05, 0) is 25.3 Å². The molecule has 1 fully saturated rings. The van der Waals surface area contributed by atoms with Crippen molar-refractivity contribution in [3.8, 4) is 0 Å². The molecule has 1 aromatic rings. The van der Waals surface area contributed by atoms with Crippen molar-refractivity contribution in [3.05, 3.63) is 39.9 Å². The fourth-order valence-corrected chi connectivity index (χ4v) is 1.96. The number of benzene rings is 1. The number of rotatable bonds is 6. The molecule has 0 aromatic heterocycles. The molecule has 1 saturated carbocycles. The van der Waals surface area contributed by atoms with Gasteiger partial charge in [0.05, 0.1) is 4.92 Å². The summed E-state index contributed by atoms with van der Waals surface area (Å²) in [7, 11) is 0. The maximum atomic E-state index is 10.7. The molecule has 0 spiro atoms. The van der Waals surface area contributed by atoms with Gasteiger partial charge in [0.1, 0.15) is 0 Å². The zero-order chi connectivity index (χ0) is 13.2. The number of non-ortho nitro benzene ring substituents is 1. The van der Waals surface area contributed by atoms with Crippen LogP contribution in [-0.2, 0) is 0 Å². The first-order valence-corrected chi connectivity index (χ1v) is 6.15. The lowest BCUT2D eigenvalue weighted by Crippen LogP contribution is -2.28. The highest BCUT2D eigenvalue weighted by Gasteiger charge is 2.41. The van der Waals surface area contributed by atoms with Crippen molar-refractivity contribution in [2.45, 2.75) is 25.8 Å². The van der Waals surface area contributed by atoms with Crippen LogP contribution < -0.4 is 5.32 Å². The Morgan fingerprint density at radius 2 is 2.28 bits per heavy atom. The molecule has 0 amide bonds. The van der Waals surface area contributed by atoms with Gasteiger partial charge in [-0.25, -0.2) is 0 Å². The van der Waals surface area contributed by atoms with Gasteiger partial charge in [0, 0.05) is 36.7 Å². The third-order valence-corrected chi connectivity index (χ3v) is 3.66. The summed E-state index contributed by atoms with van der Waals surface area (Å²) in [5.41, 5.74) is 1.07. The molecular weight excluding hydrogens is 232 g/mol. The zero-order valence-corrected chi connectivity index (χ0v) is 10.4. The van der Waals surface area contributed by atoms with E-state index in [1.807, 2.05) is 13.0 Å². The molecule has 5 heteroatoms. The van der Waals surface area contributed by atoms with Gasteiger partial charge >= 0.3 is 0 Å². The number of hydrogen-bond donors (Lipinski definition) is 2. The Morgan fingerprint density at radius 1 is 1.56 bits per heavy atom. The van der Waals surface area contributed by atoms with Gasteiger partial charge in [0.25, 0.3) is 5.69 Å². The van der Waals surface area contributed by atoms with Crippen LogP contribution in [0.5, 0.6) is 0 Å². The largest absolute Gasteiger partial charge is 0.396 e. The standard InChI is InChI=1S/C13H18N2O3/c1-10(14-8-13(9-16)5-6-13)11-3-2-4-12(7-11)15(17)18/h2-4,7,10,14,16H,5-6,8-9H2,1H3. The highest BCUT2D eigenvalue weighted by Crippen LogP contribution is 2.44. The van der Waals surface area contributed by atoms with Crippen molar-refractivity contribution < 1.29 is 10.0 Å². The molecule has 0 saturated heterocycles. The molecule has 1 aliphatic rings. The van der Waals surface area contributed by atoms with E-state index in [0.29, 0.717) is 0 Å². The number of nitro groups is 1. The minimum absolute atomic E-state index is 0.0499. The molecule has 0 heterocycles. The molecule has 1 unspecified atom stereocenters. The van der Waals surface area contributed by atoms with Crippen molar-refractivity contribution in [2.75, 3.05) is 13.2 Å². The molecule has 0 radical (unpaired) electrons. The highest BCUT2D eigenvalue weighted by molar-refractivity contribution is 5.35. The van der Waals surface area contributed by atoms with Crippen molar-refractivity contribution in [2.24, 2.45) is 5.41 Å². The van der Waals surface area contributed by atoms with Gasteiger partial charge in [-0.15, -0.1) is 0 Å². The maximum absolute atomic E-state index is 10.7. The average molecular weight is 250 g/mol. The van der Waals surface area contributed by atoms with Crippen LogP contribution in [0, 0.1) is 15.5 Å². The van der Waals surface area contributed by atoms with E-state index in [1.165, 1.54) is 6.07 Å². The Labute approximate surface area is 106 Å². The summed E-state index contributed by atoms with van der Waals surface area (Å²) in [5.74, 6) is 0. The smallest absolute Gasteiger partial charge is 0.269 e. The molecule has 2 rings (SSSR count). The summed E-state index contributed by atoms with van der Waals surface area (Å²) < 4.78 is 0. The van der Waals surface area contributed by atoms with E-state index < -0.39 is 0 Å². The molecule has 5 nitrogen and oxygen atoms in total. The van der Waals surface area contributed by atoms with Gasteiger partial charge in [0.2, 0.25) is 0 Å². The van der Waals surface area contributed by atoms with E-state index in [4.69, 9.17) is 0 Å². The SMILES string of the molecule is CC(NCC1(CO)CC1)c1cccc([N+](=O)[O-])c1. The summed E-state index contributed by atoms with van der Waals surface area (Å²) in [6, 6.07) is 6.71. The second-order valence-electron chi connectivity index (χ2n) is 5.11. The molecule has 98 valence electrons. The van der Waals surface area contributed by atoms with Crippen LogP contribution in [0.1, 0.15) is 31.4 Å².